The first-order valence-corrected chi connectivity index (χ1v) is 7.16. The Morgan fingerprint density at radius 3 is 2.43 bits per heavy atom. The zero-order valence-electron chi connectivity index (χ0n) is 11.5. The van der Waals surface area contributed by atoms with Gasteiger partial charge in [0, 0.05) is 4.47 Å². The van der Waals surface area contributed by atoms with Crippen molar-refractivity contribution in [3.8, 4) is 0 Å². The zero-order valence-corrected chi connectivity index (χ0v) is 13.0. The molecule has 0 saturated heterocycles. The molecule has 0 spiro atoms. The lowest BCUT2D eigenvalue weighted by Gasteiger charge is -2.21. The summed E-state index contributed by atoms with van der Waals surface area (Å²) in [5.41, 5.74) is 2.09. The van der Waals surface area contributed by atoms with Crippen LogP contribution in [0.1, 0.15) is 18.1 Å². The van der Waals surface area contributed by atoms with E-state index in [0.29, 0.717) is 5.56 Å². The number of hydrogen-bond donors (Lipinski definition) is 2. The van der Waals surface area contributed by atoms with E-state index in [1.54, 1.807) is 24.3 Å². The quantitative estimate of drug-likeness (QED) is 0.660. The molecule has 0 bridgehead atoms. The smallest absolute Gasteiger partial charge is 0.276 e. The fraction of sp³-hybridized carbons (Fsp3) is 0.125. The number of hydrazone groups is 1. The number of carbonyl (C=O) groups excluding carboxylic acids is 1. The molecule has 0 unspecified atom stereocenters. The van der Waals surface area contributed by atoms with Crippen LogP contribution in [0.3, 0.4) is 0 Å². The largest absolute Gasteiger partial charge is 0.375 e. The van der Waals surface area contributed by atoms with Crippen LogP contribution in [0.5, 0.6) is 0 Å². The number of nitrogens with zero attached hydrogens (tertiary/aromatic N) is 1. The molecule has 21 heavy (non-hydrogen) atoms. The van der Waals surface area contributed by atoms with Gasteiger partial charge in [-0.2, -0.15) is 5.10 Å². The van der Waals surface area contributed by atoms with Gasteiger partial charge in [-0.1, -0.05) is 58.4 Å². The molecule has 2 rings (SSSR count). The topological polar surface area (TPSA) is 61.7 Å². The van der Waals surface area contributed by atoms with Crippen LogP contribution in [0, 0.1) is 0 Å². The summed E-state index contributed by atoms with van der Waals surface area (Å²) in [6.45, 7) is 1.44. The summed E-state index contributed by atoms with van der Waals surface area (Å²) in [7, 11) is 0. The van der Waals surface area contributed by atoms with Crippen molar-refractivity contribution in [2.45, 2.75) is 12.5 Å². The predicted octanol–water partition coefficient (Wildman–Crippen LogP) is 2.81. The molecule has 5 heteroatoms. The summed E-state index contributed by atoms with van der Waals surface area (Å²) >= 11 is 3.34. The van der Waals surface area contributed by atoms with Crippen LogP contribution in [0.25, 0.3) is 0 Å². The maximum atomic E-state index is 12.0. The van der Waals surface area contributed by atoms with Crippen LogP contribution in [0.4, 0.5) is 0 Å². The van der Waals surface area contributed by atoms with Gasteiger partial charge in [-0.15, -0.1) is 0 Å². The lowest BCUT2D eigenvalue weighted by Crippen LogP contribution is -2.40. The maximum absolute atomic E-state index is 12.0. The number of benzene rings is 2. The van der Waals surface area contributed by atoms with Gasteiger partial charge in [-0.25, -0.2) is 5.43 Å². The van der Waals surface area contributed by atoms with Crippen molar-refractivity contribution in [2.75, 3.05) is 0 Å². The minimum Gasteiger partial charge on any atom is -0.375 e. The summed E-state index contributed by atoms with van der Waals surface area (Å²) < 4.78 is 0.968. The fourth-order valence-electron chi connectivity index (χ4n) is 1.72. The van der Waals surface area contributed by atoms with Crippen molar-refractivity contribution in [3.05, 3.63) is 70.2 Å². The number of rotatable bonds is 4. The Morgan fingerprint density at radius 1 is 1.19 bits per heavy atom. The molecule has 0 aliphatic rings. The Hall–Kier alpha value is -1.98. The Kier molecular flexibility index (Phi) is 4.88. The van der Waals surface area contributed by atoms with Gasteiger partial charge in [0.2, 0.25) is 0 Å². The molecule has 0 fully saturated rings. The van der Waals surface area contributed by atoms with Gasteiger partial charge in [-0.05, 0) is 30.2 Å². The highest BCUT2D eigenvalue weighted by Crippen LogP contribution is 2.20. The normalized spacial score (nSPS) is 13.9. The van der Waals surface area contributed by atoms with Gasteiger partial charge in [0.05, 0.1) is 6.21 Å². The van der Waals surface area contributed by atoms with E-state index >= 15 is 0 Å². The molecule has 2 aromatic carbocycles. The maximum Gasteiger partial charge on any atom is 0.276 e. The summed E-state index contributed by atoms with van der Waals surface area (Å²) in [6, 6.07) is 16.2. The van der Waals surface area contributed by atoms with Crippen molar-refractivity contribution in [1.29, 1.82) is 0 Å². The van der Waals surface area contributed by atoms with Crippen LogP contribution >= 0.6 is 15.9 Å². The van der Waals surface area contributed by atoms with Crippen LogP contribution in [0.15, 0.2) is 64.2 Å². The molecule has 1 amide bonds. The molecule has 0 radical (unpaired) electrons. The summed E-state index contributed by atoms with van der Waals surface area (Å²) in [6.07, 6.45) is 1.52. The van der Waals surface area contributed by atoms with Gasteiger partial charge in [0.15, 0.2) is 5.60 Å². The van der Waals surface area contributed by atoms with Gasteiger partial charge in [-0.3, -0.25) is 4.79 Å². The number of amides is 1. The first-order chi connectivity index (χ1) is 10.00. The molecule has 0 aliphatic heterocycles. The molecule has 4 nitrogen and oxygen atoms in total. The van der Waals surface area contributed by atoms with Crippen molar-refractivity contribution in [1.82, 2.24) is 5.43 Å². The molecule has 1 atom stereocenters. The third-order valence-corrected chi connectivity index (χ3v) is 3.56. The van der Waals surface area contributed by atoms with E-state index in [4.69, 9.17) is 0 Å². The second-order valence-corrected chi connectivity index (χ2v) is 5.60. The molecule has 0 aliphatic carbocycles. The Balaban J connectivity index is 2.03. The molecule has 2 aromatic rings. The van der Waals surface area contributed by atoms with Gasteiger partial charge >= 0.3 is 0 Å². The number of hydrogen-bond acceptors (Lipinski definition) is 3. The summed E-state index contributed by atoms with van der Waals surface area (Å²) in [5, 5.41) is 14.2. The third-order valence-electron chi connectivity index (χ3n) is 3.03. The van der Waals surface area contributed by atoms with Gasteiger partial charge in [0.1, 0.15) is 0 Å². The Labute approximate surface area is 131 Å². The molecule has 0 heterocycles. The van der Waals surface area contributed by atoms with E-state index in [-0.39, 0.29) is 0 Å². The molecule has 108 valence electrons. The van der Waals surface area contributed by atoms with E-state index in [2.05, 4.69) is 26.5 Å². The number of halogens is 1. The van der Waals surface area contributed by atoms with Crippen LogP contribution in [-0.4, -0.2) is 17.2 Å². The first-order valence-electron chi connectivity index (χ1n) is 6.37. The minimum atomic E-state index is -1.63. The van der Waals surface area contributed by atoms with Gasteiger partial charge in [0.25, 0.3) is 5.91 Å². The van der Waals surface area contributed by atoms with Gasteiger partial charge < -0.3 is 5.11 Å². The summed E-state index contributed by atoms with van der Waals surface area (Å²) in [4.78, 5) is 12.0. The lowest BCUT2D eigenvalue weighted by molar-refractivity contribution is -0.138. The highest BCUT2D eigenvalue weighted by Gasteiger charge is 2.31. The van der Waals surface area contributed by atoms with Crippen LogP contribution in [-0.2, 0) is 10.4 Å². The first kappa shape index (κ1) is 15.4. The van der Waals surface area contributed by atoms with Crippen molar-refractivity contribution >= 4 is 28.1 Å². The highest BCUT2D eigenvalue weighted by molar-refractivity contribution is 9.10. The second kappa shape index (κ2) is 6.65. The third kappa shape index (κ3) is 4.00. The van der Waals surface area contributed by atoms with Crippen molar-refractivity contribution in [3.63, 3.8) is 0 Å². The number of carbonyl (C=O) groups is 1. The van der Waals surface area contributed by atoms with E-state index < -0.39 is 11.5 Å². The van der Waals surface area contributed by atoms with E-state index in [0.717, 1.165) is 10.0 Å². The number of aliphatic hydroxyl groups is 1. The minimum absolute atomic E-state index is 0.515. The summed E-state index contributed by atoms with van der Waals surface area (Å²) in [5.74, 6) is -0.581. The Morgan fingerprint density at radius 2 is 1.81 bits per heavy atom. The molecular formula is C16H15BrN2O2. The fourth-order valence-corrected chi connectivity index (χ4v) is 1.98. The average molecular weight is 347 g/mol. The van der Waals surface area contributed by atoms with Crippen LogP contribution < -0.4 is 5.43 Å². The molecular weight excluding hydrogens is 332 g/mol. The lowest BCUT2D eigenvalue weighted by atomic mass is 9.95. The monoisotopic (exact) mass is 346 g/mol. The Bertz CT molecular complexity index is 637. The van der Waals surface area contributed by atoms with Crippen LogP contribution in [0.2, 0.25) is 0 Å². The van der Waals surface area contributed by atoms with E-state index in [9.17, 15) is 9.90 Å². The second-order valence-electron chi connectivity index (χ2n) is 4.69. The molecule has 0 saturated carbocycles. The highest BCUT2D eigenvalue weighted by atomic mass is 79.9. The van der Waals surface area contributed by atoms with Crippen molar-refractivity contribution < 1.29 is 9.90 Å². The molecule has 0 aromatic heterocycles. The number of nitrogens with one attached hydrogen (secondary N) is 1. The van der Waals surface area contributed by atoms with E-state index in [1.807, 2.05) is 30.3 Å². The standard InChI is InChI=1S/C16H15BrN2O2/c1-16(21,13-5-3-2-4-6-13)15(20)19-18-11-12-7-9-14(17)10-8-12/h2-11,21H,1H3,(H,19,20)/b18-11-/t16-/m0/s1. The predicted molar refractivity (Wildman–Crippen MR) is 85.9 cm³/mol. The zero-order chi connectivity index (χ0) is 15.3. The average Bonchev–Trinajstić information content (AvgIpc) is 2.50. The SMILES string of the molecule is C[C@@](O)(C(=O)N/N=C\c1ccc(Br)cc1)c1ccccc1. The molecule has 2 N–H and O–H groups in total. The van der Waals surface area contributed by atoms with E-state index in [1.165, 1.54) is 13.1 Å². The van der Waals surface area contributed by atoms with Crippen molar-refractivity contribution in [2.24, 2.45) is 5.10 Å².